The van der Waals surface area contributed by atoms with E-state index in [2.05, 4.69) is 16.4 Å². The zero-order valence-electron chi connectivity index (χ0n) is 12.0. The molecular weight excluding hydrogens is 298 g/mol. The van der Waals surface area contributed by atoms with E-state index >= 15 is 0 Å². The third-order valence-corrected chi connectivity index (χ3v) is 4.76. The van der Waals surface area contributed by atoms with E-state index in [0.717, 1.165) is 31.4 Å². The predicted molar refractivity (Wildman–Crippen MR) is 85.8 cm³/mol. The largest absolute Gasteiger partial charge is 0.494 e. The summed E-state index contributed by atoms with van der Waals surface area (Å²) in [6, 6.07) is 7.96. The summed E-state index contributed by atoms with van der Waals surface area (Å²) in [4.78, 5) is 15.1. The molecule has 1 aromatic heterocycles. The average Bonchev–Trinajstić information content (AvgIpc) is 3.32. The van der Waals surface area contributed by atoms with E-state index in [1.807, 2.05) is 18.2 Å². The number of aromatic nitrogens is 2. The van der Waals surface area contributed by atoms with E-state index in [9.17, 15) is 9.90 Å². The number of hydrogen-bond acceptors (Lipinski definition) is 4. The van der Waals surface area contributed by atoms with Crippen LogP contribution in [0.5, 0.6) is 5.88 Å². The fraction of sp³-hybridized carbons (Fsp3) is 0.375. The molecule has 0 amide bonds. The van der Waals surface area contributed by atoms with Crippen molar-refractivity contribution in [3.63, 3.8) is 0 Å². The molecule has 22 heavy (non-hydrogen) atoms. The maximum atomic E-state index is 12.4. The molecule has 1 aliphatic carbocycles. The summed E-state index contributed by atoms with van der Waals surface area (Å²) in [5.74, 6) is 0.00505. The molecule has 1 fully saturated rings. The number of hydrogen-bond donors (Lipinski definition) is 3. The molecule has 1 aromatic carbocycles. The van der Waals surface area contributed by atoms with Crippen molar-refractivity contribution in [3.8, 4) is 5.88 Å². The van der Waals surface area contributed by atoms with Gasteiger partial charge in [-0.15, -0.1) is 0 Å². The van der Waals surface area contributed by atoms with Gasteiger partial charge in [-0.25, -0.2) is 0 Å². The van der Waals surface area contributed by atoms with Gasteiger partial charge in [0, 0.05) is 12.6 Å². The minimum Gasteiger partial charge on any atom is -0.494 e. The molecule has 4 rings (SSSR count). The second kappa shape index (κ2) is 5.07. The maximum Gasteiger partial charge on any atom is 0.260 e. The Balaban J connectivity index is 1.93. The maximum absolute atomic E-state index is 12.4. The molecule has 1 saturated carbocycles. The molecule has 2 aliphatic rings. The van der Waals surface area contributed by atoms with E-state index in [1.165, 1.54) is 5.56 Å². The Bertz CT molecular complexity index is 851. The lowest BCUT2D eigenvalue weighted by Crippen LogP contribution is -2.35. The van der Waals surface area contributed by atoms with Gasteiger partial charge < -0.3 is 10.4 Å². The monoisotopic (exact) mass is 315 g/mol. The van der Waals surface area contributed by atoms with Crippen LogP contribution < -0.4 is 10.9 Å². The standard InChI is InChI=1S/C16H17N3O2S/c20-14-12(15(21)19(10-5-6-10)16(22)18-14)13-11-4-2-1-3-9(11)7-8-17-13/h1-4,10,13,17,21H,5-8H2,(H,18,20,22). The van der Waals surface area contributed by atoms with Crippen molar-refractivity contribution < 1.29 is 5.11 Å². The van der Waals surface area contributed by atoms with Crippen molar-refractivity contribution in [1.82, 2.24) is 14.9 Å². The number of nitrogens with one attached hydrogen (secondary N) is 2. The summed E-state index contributed by atoms with van der Waals surface area (Å²) in [5, 5.41) is 14.0. The average molecular weight is 315 g/mol. The third kappa shape index (κ3) is 2.10. The van der Waals surface area contributed by atoms with Crippen molar-refractivity contribution in [2.45, 2.75) is 31.3 Å². The molecule has 3 N–H and O–H groups in total. The van der Waals surface area contributed by atoms with Crippen LogP contribution in [0, 0.1) is 4.77 Å². The number of rotatable bonds is 2. The van der Waals surface area contributed by atoms with Crippen LogP contribution in [0.1, 0.15) is 41.6 Å². The molecule has 2 heterocycles. The van der Waals surface area contributed by atoms with E-state index in [-0.39, 0.29) is 23.5 Å². The molecule has 6 heteroatoms. The first kappa shape index (κ1) is 13.7. The lowest BCUT2D eigenvalue weighted by molar-refractivity contribution is 0.388. The van der Waals surface area contributed by atoms with Crippen molar-refractivity contribution in [2.24, 2.45) is 0 Å². The van der Waals surface area contributed by atoms with Gasteiger partial charge in [0.2, 0.25) is 5.88 Å². The fourth-order valence-corrected chi connectivity index (χ4v) is 3.57. The Labute approximate surface area is 132 Å². The van der Waals surface area contributed by atoms with E-state index < -0.39 is 0 Å². The second-order valence-electron chi connectivity index (χ2n) is 5.93. The van der Waals surface area contributed by atoms with Crippen LogP contribution in [-0.4, -0.2) is 21.2 Å². The SMILES string of the molecule is O=c1[nH]c(=S)n(C2CC2)c(O)c1C1NCCc2ccccc21. The third-order valence-electron chi connectivity index (χ3n) is 4.46. The normalized spacial score (nSPS) is 20.6. The number of nitrogens with zero attached hydrogens (tertiary/aromatic N) is 1. The van der Waals surface area contributed by atoms with Gasteiger partial charge in [0.15, 0.2) is 4.77 Å². The smallest absolute Gasteiger partial charge is 0.260 e. The van der Waals surface area contributed by atoms with Gasteiger partial charge in [-0.2, -0.15) is 0 Å². The van der Waals surface area contributed by atoms with Crippen LogP contribution in [0.2, 0.25) is 0 Å². The van der Waals surface area contributed by atoms with Gasteiger partial charge in [-0.1, -0.05) is 24.3 Å². The Kier molecular flexibility index (Phi) is 3.16. The van der Waals surface area contributed by atoms with Gasteiger partial charge >= 0.3 is 0 Å². The number of benzene rings is 1. The summed E-state index contributed by atoms with van der Waals surface area (Å²) in [5.41, 5.74) is 2.32. The highest BCUT2D eigenvalue weighted by Gasteiger charge is 2.32. The second-order valence-corrected chi connectivity index (χ2v) is 6.32. The molecule has 114 valence electrons. The van der Waals surface area contributed by atoms with Crippen molar-refractivity contribution in [3.05, 3.63) is 56.1 Å². The minimum atomic E-state index is -0.311. The molecule has 1 atom stereocenters. The topological polar surface area (TPSA) is 70.0 Å². The van der Waals surface area contributed by atoms with Crippen LogP contribution in [-0.2, 0) is 6.42 Å². The molecule has 2 aromatic rings. The Morgan fingerprint density at radius 3 is 2.82 bits per heavy atom. The highest BCUT2D eigenvalue weighted by Crippen LogP contribution is 2.40. The number of fused-ring (bicyclic) bond motifs is 1. The Hall–Kier alpha value is -1.92. The summed E-state index contributed by atoms with van der Waals surface area (Å²) >= 11 is 5.21. The van der Waals surface area contributed by atoms with Crippen molar-refractivity contribution >= 4 is 12.2 Å². The number of aromatic amines is 1. The first-order valence-corrected chi connectivity index (χ1v) is 7.96. The summed E-state index contributed by atoms with van der Waals surface area (Å²) in [6.45, 7) is 0.777. The van der Waals surface area contributed by atoms with Crippen LogP contribution in [0.25, 0.3) is 0 Å². The summed E-state index contributed by atoms with van der Waals surface area (Å²) < 4.78 is 1.99. The zero-order chi connectivity index (χ0) is 15.3. The van der Waals surface area contributed by atoms with Crippen LogP contribution in [0.15, 0.2) is 29.1 Å². The first-order valence-electron chi connectivity index (χ1n) is 7.55. The zero-order valence-corrected chi connectivity index (χ0v) is 12.8. The molecule has 1 aliphatic heterocycles. The first-order chi connectivity index (χ1) is 10.7. The van der Waals surface area contributed by atoms with E-state index in [4.69, 9.17) is 12.2 Å². The lowest BCUT2D eigenvalue weighted by Gasteiger charge is -2.27. The fourth-order valence-electron chi connectivity index (χ4n) is 3.25. The molecule has 0 spiro atoms. The Morgan fingerprint density at radius 2 is 2.05 bits per heavy atom. The van der Waals surface area contributed by atoms with Gasteiger partial charge in [0.1, 0.15) is 0 Å². The van der Waals surface area contributed by atoms with Gasteiger partial charge in [-0.3, -0.25) is 14.3 Å². The predicted octanol–water partition coefficient (Wildman–Crippen LogP) is 2.18. The molecule has 0 saturated heterocycles. The molecule has 0 bridgehead atoms. The minimum absolute atomic E-state index is 0.00505. The van der Waals surface area contributed by atoms with Gasteiger partial charge in [-0.05, 0) is 42.6 Å². The molecule has 1 unspecified atom stereocenters. The van der Waals surface area contributed by atoms with E-state index in [0.29, 0.717) is 10.3 Å². The van der Waals surface area contributed by atoms with Crippen molar-refractivity contribution in [1.29, 1.82) is 0 Å². The highest BCUT2D eigenvalue weighted by atomic mass is 32.1. The number of aromatic hydroxyl groups is 1. The van der Waals surface area contributed by atoms with Crippen LogP contribution in [0.4, 0.5) is 0 Å². The lowest BCUT2D eigenvalue weighted by atomic mass is 9.91. The van der Waals surface area contributed by atoms with Gasteiger partial charge in [0.25, 0.3) is 5.56 Å². The summed E-state index contributed by atoms with van der Waals surface area (Å²) in [7, 11) is 0. The molecular formula is C16H17N3O2S. The molecule has 0 radical (unpaired) electrons. The quantitative estimate of drug-likeness (QED) is 0.743. The van der Waals surface area contributed by atoms with Crippen molar-refractivity contribution in [2.75, 3.05) is 6.54 Å². The summed E-state index contributed by atoms with van der Waals surface area (Å²) in [6.07, 6.45) is 2.90. The number of H-pyrrole nitrogens is 1. The highest BCUT2D eigenvalue weighted by molar-refractivity contribution is 7.71. The van der Waals surface area contributed by atoms with Crippen LogP contribution >= 0.6 is 12.2 Å². The molecule has 5 nitrogen and oxygen atoms in total. The van der Waals surface area contributed by atoms with E-state index in [1.54, 1.807) is 4.57 Å². The van der Waals surface area contributed by atoms with Crippen LogP contribution in [0.3, 0.4) is 0 Å². The van der Waals surface area contributed by atoms with Gasteiger partial charge in [0.05, 0.1) is 11.6 Å². The Morgan fingerprint density at radius 1 is 1.27 bits per heavy atom.